The summed E-state index contributed by atoms with van der Waals surface area (Å²) in [5.41, 5.74) is 2.19. The first-order valence-electron chi connectivity index (χ1n) is 7.65. The number of rotatable bonds is 6. The number of nitriles is 1. The van der Waals surface area contributed by atoms with Crippen LogP contribution in [-0.4, -0.2) is 17.4 Å². The summed E-state index contributed by atoms with van der Waals surface area (Å²) in [6.07, 6.45) is 2.46. The van der Waals surface area contributed by atoms with E-state index in [-0.39, 0.29) is 11.9 Å². The molecule has 0 saturated heterocycles. The van der Waals surface area contributed by atoms with Gasteiger partial charge < -0.3 is 10.6 Å². The average molecular weight is 308 g/mol. The standard InChI is InChI=1S/C18H20N4O/c1-3-9-20-18(23)16-7-8-17(21-12-16)22-13(2)15-6-4-5-14(10-15)11-19/h4-8,10,12-13H,3,9H2,1-2H3,(H,20,23)(H,21,22). The van der Waals surface area contributed by atoms with E-state index in [0.29, 0.717) is 23.5 Å². The smallest absolute Gasteiger partial charge is 0.252 e. The molecule has 5 nitrogen and oxygen atoms in total. The predicted molar refractivity (Wildman–Crippen MR) is 90.1 cm³/mol. The number of nitrogens with one attached hydrogen (secondary N) is 2. The molecule has 2 rings (SSSR count). The lowest BCUT2D eigenvalue weighted by Crippen LogP contribution is -2.24. The molecule has 1 aromatic carbocycles. The Morgan fingerprint density at radius 1 is 1.35 bits per heavy atom. The van der Waals surface area contributed by atoms with Crippen LogP contribution < -0.4 is 10.6 Å². The third-order valence-electron chi connectivity index (χ3n) is 3.44. The van der Waals surface area contributed by atoms with Crippen LogP contribution in [-0.2, 0) is 0 Å². The molecule has 118 valence electrons. The molecule has 0 aliphatic carbocycles. The summed E-state index contributed by atoms with van der Waals surface area (Å²) in [5.74, 6) is 0.576. The van der Waals surface area contributed by atoms with Crippen molar-refractivity contribution in [3.8, 4) is 6.07 Å². The topological polar surface area (TPSA) is 77.8 Å². The highest BCUT2D eigenvalue weighted by Crippen LogP contribution is 2.18. The van der Waals surface area contributed by atoms with Crippen LogP contribution in [0.3, 0.4) is 0 Å². The van der Waals surface area contributed by atoms with E-state index in [0.717, 1.165) is 12.0 Å². The summed E-state index contributed by atoms with van der Waals surface area (Å²) in [7, 11) is 0. The highest BCUT2D eigenvalue weighted by Gasteiger charge is 2.09. The maximum absolute atomic E-state index is 11.8. The van der Waals surface area contributed by atoms with E-state index in [2.05, 4.69) is 21.7 Å². The molecule has 1 unspecified atom stereocenters. The molecule has 0 saturated carbocycles. The van der Waals surface area contributed by atoms with Gasteiger partial charge in [-0.2, -0.15) is 5.26 Å². The van der Waals surface area contributed by atoms with Crippen LogP contribution in [0.15, 0.2) is 42.6 Å². The fraction of sp³-hybridized carbons (Fsp3) is 0.278. The summed E-state index contributed by atoms with van der Waals surface area (Å²) in [5, 5.41) is 15.0. The molecule has 1 aromatic heterocycles. The molecule has 2 aromatic rings. The second kappa shape index (κ2) is 7.95. The van der Waals surface area contributed by atoms with E-state index in [9.17, 15) is 4.79 Å². The van der Waals surface area contributed by atoms with Crippen molar-refractivity contribution >= 4 is 11.7 Å². The minimum Gasteiger partial charge on any atom is -0.364 e. The quantitative estimate of drug-likeness (QED) is 0.858. The predicted octanol–water partition coefficient (Wildman–Crippen LogP) is 3.27. The Morgan fingerprint density at radius 3 is 2.83 bits per heavy atom. The number of hydrogen-bond donors (Lipinski definition) is 2. The van der Waals surface area contributed by atoms with Crippen LogP contribution in [0, 0.1) is 11.3 Å². The molecule has 0 aliphatic rings. The van der Waals surface area contributed by atoms with Crippen molar-refractivity contribution in [3.63, 3.8) is 0 Å². The number of aromatic nitrogens is 1. The summed E-state index contributed by atoms with van der Waals surface area (Å²) in [6, 6.07) is 13.1. The zero-order valence-electron chi connectivity index (χ0n) is 13.3. The van der Waals surface area contributed by atoms with Crippen LogP contribution in [0.25, 0.3) is 0 Å². The SMILES string of the molecule is CCCNC(=O)c1ccc(NC(C)c2cccc(C#N)c2)nc1. The average Bonchev–Trinajstić information content (AvgIpc) is 2.60. The number of nitrogens with zero attached hydrogens (tertiary/aromatic N) is 2. The van der Waals surface area contributed by atoms with Gasteiger partial charge in [0.05, 0.1) is 17.2 Å². The molecule has 1 amide bonds. The molecule has 2 N–H and O–H groups in total. The molecule has 0 aliphatic heterocycles. The Labute approximate surface area is 136 Å². The van der Waals surface area contributed by atoms with Crippen molar-refractivity contribution in [2.45, 2.75) is 26.3 Å². The fourth-order valence-corrected chi connectivity index (χ4v) is 2.14. The molecule has 0 radical (unpaired) electrons. The van der Waals surface area contributed by atoms with Gasteiger partial charge in [0.25, 0.3) is 5.91 Å². The number of anilines is 1. The molecule has 5 heteroatoms. The van der Waals surface area contributed by atoms with Gasteiger partial charge in [-0.1, -0.05) is 19.1 Å². The summed E-state index contributed by atoms with van der Waals surface area (Å²) in [6.45, 7) is 4.67. The zero-order chi connectivity index (χ0) is 16.7. The number of amides is 1. The third-order valence-corrected chi connectivity index (χ3v) is 3.44. The van der Waals surface area contributed by atoms with Gasteiger partial charge in [0.2, 0.25) is 0 Å². The van der Waals surface area contributed by atoms with Crippen molar-refractivity contribution in [1.82, 2.24) is 10.3 Å². The van der Waals surface area contributed by atoms with Gasteiger partial charge in [0.15, 0.2) is 0 Å². The first-order chi connectivity index (χ1) is 11.1. The second-order valence-corrected chi connectivity index (χ2v) is 5.29. The Morgan fingerprint density at radius 2 is 2.17 bits per heavy atom. The van der Waals surface area contributed by atoms with Crippen LogP contribution in [0.2, 0.25) is 0 Å². The Kier molecular flexibility index (Phi) is 5.70. The summed E-state index contributed by atoms with van der Waals surface area (Å²) in [4.78, 5) is 16.1. The molecule has 1 atom stereocenters. The molecule has 0 spiro atoms. The monoisotopic (exact) mass is 308 g/mol. The summed E-state index contributed by atoms with van der Waals surface area (Å²) < 4.78 is 0. The van der Waals surface area contributed by atoms with Gasteiger partial charge in [0, 0.05) is 18.8 Å². The van der Waals surface area contributed by atoms with Gasteiger partial charge in [-0.05, 0) is 43.2 Å². The van der Waals surface area contributed by atoms with Gasteiger partial charge in [-0.15, -0.1) is 0 Å². The van der Waals surface area contributed by atoms with Crippen molar-refractivity contribution in [2.24, 2.45) is 0 Å². The number of hydrogen-bond acceptors (Lipinski definition) is 4. The van der Waals surface area contributed by atoms with Crippen molar-refractivity contribution in [2.75, 3.05) is 11.9 Å². The lowest BCUT2D eigenvalue weighted by molar-refractivity contribution is 0.0953. The first-order valence-corrected chi connectivity index (χ1v) is 7.65. The van der Waals surface area contributed by atoms with Crippen LogP contribution in [0.5, 0.6) is 0 Å². The Bertz CT molecular complexity index is 704. The van der Waals surface area contributed by atoms with E-state index >= 15 is 0 Å². The molecular weight excluding hydrogens is 288 g/mol. The molecule has 23 heavy (non-hydrogen) atoms. The third kappa shape index (κ3) is 4.55. The normalized spacial score (nSPS) is 11.3. The van der Waals surface area contributed by atoms with Gasteiger partial charge >= 0.3 is 0 Å². The van der Waals surface area contributed by atoms with Gasteiger partial charge in [0.1, 0.15) is 5.82 Å². The molecular formula is C18H20N4O. The lowest BCUT2D eigenvalue weighted by atomic mass is 10.1. The molecule has 1 heterocycles. The lowest BCUT2D eigenvalue weighted by Gasteiger charge is -2.15. The molecule has 0 fully saturated rings. The second-order valence-electron chi connectivity index (χ2n) is 5.29. The van der Waals surface area contributed by atoms with Crippen LogP contribution in [0.1, 0.15) is 47.8 Å². The van der Waals surface area contributed by atoms with Crippen LogP contribution in [0.4, 0.5) is 5.82 Å². The van der Waals surface area contributed by atoms with E-state index in [1.54, 1.807) is 24.4 Å². The number of carbonyl (C=O) groups is 1. The fourth-order valence-electron chi connectivity index (χ4n) is 2.14. The van der Waals surface area contributed by atoms with E-state index in [1.165, 1.54) is 0 Å². The van der Waals surface area contributed by atoms with E-state index in [1.807, 2.05) is 32.0 Å². The minimum atomic E-state index is -0.110. The number of carbonyl (C=O) groups excluding carboxylic acids is 1. The maximum Gasteiger partial charge on any atom is 0.252 e. The largest absolute Gasteiger partial charge is 0.364 e. The van der Waals surface area contributed by atoms with E-state index in [4.69, 9.17) is 5.26 Å². The molecule has 0 bridgehead atoms. The Hall–Kier alpha value is -2.87. The number of pyridine rings is 1. The van der Waals surface area contributed by atoms with Gasteiger partial charge in [-0.3, -0.25) is 4.79 Å². The highest BCUT2D eigenvalue weighted by molar-refractivity contribution is 5.94. The van der Waals surface area contributed by atoms with Crippen LogP contribution >= 0.6 is 0 Å². The van der Waals surface area contributed by atoms with Crippen molar-refractivity contribution < 1.29 is 4.79 Å². The maximum atomic E-state index is 11.8. The highest BCUT2D eigenvalue weighted by atomic mass is 16.1. The Balaban J connectivity index is 2.02. The minimum absolute atomic E-state index is 0.00979. The van der Waals surface area contributed by atoms with E-state index < -0.39 is 0 Å². The summed E-state index contributed by atoms with van der Waals surface area (Å²) >= 11 is 0. The zero-order valence-corrected chi connectivity index (χ0v) is 13.3. The first kappa shape index (κ1) is 16.5. The van der Waals surface area contributed by atoms with Crippen molar-refractivity contribution in [3.05, 3.63) is 59.3 Å². The van der Waals surface area contributed by atoms with Gasteiger partial charge in [-0.25, -0.2) is 4.98 Å². The van der Waals surface area contributed by atoms with Crippen molar-refractivity contribution in [1.29, 1.82) is 5.26 Å². The number of benzene rings is 1.